The number of hydrogen-bond acceptors (Lipinski definition) is 3. The van der Waals surface area contributed by atoms with Gasteiger partial charge in [-0.15, -0.1) is 0 Å². The van der Waals surface area contributed by atoms with Gasteiger partial charge >= 0.3 is 0 Å². The third-order valence-corrected chi connectivity index (χ3v) is 4.49. The maximum Gasteiger partial charge on any atom is 0.119 e. The Morgan fingerprint density at radius 3 is 2.75 bits per heavy atom. The Bertz CT molecular complexity index is 627. The number of halogens is 2. The number of nitrogens with zero attached hydrogens (tertiary/aromatic N) is 2. The fourth-order valence-electron chi connectivity index (χ4n) is 2.15. The molecule has 1 heterocycles. The summed E-state index contributed by atoms with van der Waals surface area (Å²) in [5.41, 5.74) is 9.06. The van der Waals surface area contributed by atoms with Crippen LogP contribution in [0.15, 0.2) is 22.7 Å². The minimum atomic E-state index is -0.188. The lowest BCUT2D eigenvalue weighted by Gasteiger charge is -2.15. The number of aryl methyl sites for hydroxylation is 2. The lowest BCUT2D eigenvalue weighted by Crippen LogP contribution is -2.16. The van der Waals surface area contributed by atoms with Gasteiger partial charge in [0, 0.05) is 24.0 Å². The highest BCUT2D eigenvalue weighted by Gasteiger charge is 2.18. The molecule has 0 fully saturated rings. The van der Waals surface area contributed by atoms with Crippen molar-refractivity contribution in [3.63, 3.8) is 0 Å². The van der Waals surface area contributed by atoms with Crippen LogP contribution in [-0.4, -0.2) is 16.9 Å². The zero-order chi connectivity index (χ0) is 14.9. The van der Waals surface area contributed by atoms with E-state index < -0.39 is 0 Å². The Morgan fingerprint density at radius 1 is 1.50 bits per heavy atom. The molecule has 1 unspecified atom stereocenters. The van der Waals surface area contributed by atoms with Crippen molar-refractivity contribution in [2.75, 3.05) is 7.11 Å². The highest BCUT2D eigenvalue weighted by molar-refractivity contribution is 9.10. The van der Waals surface area contributed by atoms with Crippen molar-refractivity contribution in [1.29, 1.82) is 0 Å². The SMILES string of the molecule is COc1ccc(Br)c(C(N)Cc2c(Cl)c(C)nn2C)c1. The monoisotopic (exact) mass is 357 g/mol. The minimum Gasteiger partial charge on any atom is -0.497 e. The number of aromatic nitrogens is 2. The van der Waals surface area contributed by atoms with Crippen molar-refractivity contribution in [3.8, 4) is 5.75 Å². The molecule has 1 atom stereocenters. The van der Waals surface area contributed by atoms with Crippen molar-refractivity contribution in [2.24, 2.45) is 12.8 Å². The molecule has 1 aromatic carbocycles. The van der Waals surface area contributed by atoms with Gasteiger partial charge in [0.2, 0.25) is 0 Å². The molecule has 0 saturated heterocycles. The first kappa shape index (κ1) is 15.4. The molecule has 4 nitrogen and oxygen atoms in total. The van der Waals surface area contributed by atoms with Crippen molar-refractivity contribution in [3.05, 3.63) is 44.6 Å². The van der Waals surface area contributed by atoms with E-state index in [1.807, 2.05) is 32.2 Å². The Labute approximate surface area is 132 Å². The van der Waals surface area contributed by atoms with Gasteiger partial charge in [0.1, 0.15) is 5.75 Å². The quantitative estimate of drug-likeness (QED) is 0.911. The number of nitrogens with two attached hydrogens (primary N) is 1. The smallest absolute Gasteiger partial charge is 0.119 e. The molecule has 0 saturated carbocycles. The molecule has 0 aliphatic rings. The molecule has 0 aliphatic carbocycles. The van der Waals surface area contributed by atoms with E-state index in [1.165, 1.54) is 0 Å². The van der Waals surface area contributed by atoms with E-state index in [2.05, 4.69) is 21.0 Å². The topological polar surface area (TPSA) is 53.1 Å². The van der Waals surface area contributed by atoms with Crippen molar-refractivity contribution < 1.29 is 4.74 Å². The number of hydrogen-bond donors (Lipinski definition) is 1. The van der Waals surface area contributed by atoms with E-state index in [4.69, 9.17) is 22.1 Å². The molecule has 20 heavy (non-hydrogen) atoms. The average Bonchev–Trinajstić information content (AvgIpc) is 2.66. The van der Waals surface area contributed by atoms with Crippen molar-refractivity contribution >= 4 is 27.5 Å². The highest BCUT2D eigenvalue weighted by Crippen LogP contribution is 2.30. The second-order valence-electron chi connectivity index (χ2n) is 4.67. The first-order valence-electron chi connectivity index (χ1n) is 6.21. The molecule has 0 bridgehead atoms. The fraction of sp³-hybridized carbons (Fsp3) is 0.357. The van der Waals surface area contributed by atoms with Crippen LogP contribution >= 0.6 is 27.5 Å². The normalized spacial score (nSPS) is 12.5. The first-order valence-corrected chi connectivity index (χ1v) is 7.38. The summed E-state index contributed by atoms with van der Waals surface area (Å²) in [4.78, 5) is 0. The summed E-state index contributed by atoms with van der Waals surface area (Å²) in [7, 11) is 3.52. The lowest BCUT2D eigenvalue weighted by atomic mass is 10.0. The Hall–Kier alpha value is -1.04. The molecule has 0 radical (unpaired) electrons. The Kier molecular flexibility index (Phi) is 4.73. The fourth-order valence-corrected chi connectivity index (χ4v) is 2.93. The molecule has 0 aliphatic heterocycles. The van der Waals surface area contributed by atoms with E-state index in [0.717, 1.165) is 27.2 Å². The predicted molar refractivity (Wildman–Crippen MR) is 84.3 cm³/mol. The number of rotatable bonds is 4. The molecule has 1 aromatic heterocycles. The van der Waals surface area contributed by atoms with Gasteiger partial charge in [-0.3, -0.25) is 4.68 Å². The molecule has 6 heteroatoms. The number of benzene rings is 1. The zero-order valence-corrected chi connectivity index (χ0v) is 14.0. The summed E-state index contributed by atoms with van der Waals surface area (Å²) in [6.07, 6.45) is 0.613. The van der Waals surface area contributed by atoms with E-state index in [-0.39, 0.29) is 6.04 Å². The van der Waals surface area contributed by atoms with Crippen molar-refractivity contribution in [2.45, 2.75) is 19.4 Å². The van der Waals surface area contributed by atoms with Crippen LogP contribution in [0.3, 0.4) is 0 Å². The van der Waals surface area contributed by atoms with Gasteiger partial charge in [0.25, 0.3) is 0 Å². The average molecular weight is 359 g/mol. The third kappa shape index (κ3) is 3.00. The molecule has 0 spiro atoms. The summed E-state index contributed by atoms with van der Waals surface area (Å²) in [6, 6.07) is 5.57. The Morgan fingerprint density at radius 2 is 2.20 bits per heavy atom. The third-order valence-electron chi connectivity index (χ3n) is 3.28. The Balaban J connectivity index is 2.30. The van der Waals surface area contributed by atoms with Crippen LogP contribution in [0.25, 0.3) is 0 Å². The zero-order valence-electron chi connectivity index (χ0n) is 11.7. The maximum atomic E-state index is 6.31. The minimum absolute atomic E-state index is 0.188. The maximum absolute atomic E-state index is 6.31. The van der Waals surface area contributed by atoms with Gasteiger partial charge in [-0.25, -0.2) is 0 Å². The molecule has 2 aromatic rings. The van der Waals surface area contributed by atoms with Crippen LogP contribution in [0.4, 0.5) is 0 Å². The second kappa shape index (κ2) is 6.16. The van der Waals surface area contributed by atoms with Crippen LogP contribution in [0.5, 0.6) is 5.75 Å². The van der Waals surface area contributed by atoms with Gasteiger partial charge < -0.3 is 10.5 Å². The summed E-state index contributed by atoms with van der Waals surface area (Å²) in [5, 5.41) is 4.99. The summed E-state index contributed by atoms with van der Waals surface area (Å²) in [6.45, 7) is 1.89. The second-order valence-corrected chi connectivity index (χ2v) is 5.90. The van der Waals surface area contributed by atoms with Gasteiger partial charge in [0.05, 0.1) is 23.5 Å². The highest BCUT2D eigenvalue weighted by atomic mass is 79.9. The molecule has 108 valence electrons. The summed E-state index contributed by atoms with van der Waals surface area (Å²) < 4.78 is 7.98. The molecular formula is C14H17BrClN3O. The first-order chi connectivity index (χ1) is 9.43. The van der Waals surface area contributed by atoms with Crippen LogP contribution in [-0.2, 0) is 13.5 Å². The molecular weight excluding hydrogens is 342 g/mol. The van der Waals surface area contributed by atoms with Gasteiger partial charge in [-0.1, -0.05) is 27.5 Å². The summed E-state index contributed by atoms with van der Waals surface area (Å²) >= 11 is 9.79. The van der Waals surface area contributed by atoms with Gasteiger partial charge in [0.15, 0.2) is 0 Å². The molecule has 0 amide bonds. The number of methoxy groups -OCH3 is 1. The van der Waals surface area contributed by atoms with E-state index in [9.17, 15) is 0 Å². The van der Waals surface area contributed by atoms with Crippen LogP contribution in [0.1, 0.15) is 23.0 Å². The number of ether oxygens (including phenoxy) is 1. The lowest BCUT2D eigenvalue weighted by molar-refractivity contribution is 0.413. The van der Waals surface area contributed by atoms with Gasteiger partial charge in [-0.05, 0) is 30.7 Å². The van der Waals surface area contributed by atoms with E-state index >= 15 is 0 Å². The summed E-state index contributed by atoms with van der Waals surface area (Å²) in [5.74, 6) is 0.783. The van der Waals surface area contributed by atoms with Gasteiger partial charge in [-0.2, -0.15) is 5.10 Å². The predicted octanol–water partition coefficient (Wildman–Crippen LogP) is 3.40. The largest absolute Gasteiger partial charge is 0.497 e. The van der Waals surface area contributed by atoms with Crippen molar-refractivity contribution in [1.82, 2.24) is 9.78 Å². The van der Waals surface area contributed by atoms with Crippen LogP contribution < -0.4 is 10.5 Å². The van der Waals surface area contributed by atoms with Crippen LogP contribution in [0.2, 0.25) is 5.02 Å². The van der Waals surface area contributed by atoms with E-state index in [0.29, 0.717) is 11.4 Å². The standard InChI is InChI=1S/C14H17BrClN3O/c1-8-14(16)13(19(2)18-8)7-12(17)10-6-9(20-3)4-5-11(10)15/h4-6,12H,7,17H2,1-3H3. The van der Waals surface area contributed by atoms with E-state index in [1.54, 1.807) is 11.8 Å². The molecule has 2 N–H and O–H groups in total. The molecule has 2 rings (SSSR count). The van der Waals surface area contributed by atoms with Crippen LogP contribution in [0, 0.1) is 6.92 Å².